The standard InChI is InChI=1S/C47H76O16/c1-22-30(50)32(52)34(54)38(59-22)62-36-26(20-48)60-39(35(55)33(36)53)63-37-31(51)25(49)21-58-40(37)61-29-12-13-44(6)27(43(29,4)5)11-14-46(8)28(44)10-9-23-24-19-42(2,3)15-17-47(24,41(56)57)18-16-45(23,46)7/h9,22,24-40,48-55H,10-21H2,1-8H3,(H,56,57). The first-order valence-corrected chi connectivity index (χ1v) is 23.6. The van der Waals surface area contributed by atoms with Crippen molar-refractivity contribution in [3.63, 3.8) is 0 Å². The summed E-state index contributed by atoms with van der Waals surface area (Å²) in [7, 11) is 0. The number of ether oxygens (including phenoxy) is 6. The number of aliphatic hydroxyl groups is 8. The molecule has 16 heteroatoms. The number of carboxylic acid groups (broad SMARTS) is 1. The maximum Gasteiger partial charge on any atom is 0.310 e. The Morgan fingerprint density at radius 3 is 2.05 bits per heavy atom. The van der Waals surface area contributed by atoms with Crippen LogP contribution >= 0.6 is 0 Å². The second-order valence-corrected chi connectivity index (χ2v) is 23.0. The molecule has 3 aliphatic heterocycles. The minimum absolute atomic E-state index is 0.0305. The van der Waals surface area contributed by atoms with E-state index in [1.54, 1.807) is 0 Å². The summed E-state index contributed by atoms with van der Waals surface area (Å²) in [6.45, 7) is 16.9. The predicted octanol–water partition coefficient (Wildman–Crippen LogP) is 2.37. The van der Waals surface area contributed by atoms with E-state index in [9.17, 15) is 50.8 Å². The molecule has 0 aromatic carbocycles. The smallest absolute Gasteiger partial charge is 0.310 e. The highest BCUT2D eigenvalue weighted by molar-refractivity contribution is 5.76. The van der Waals surface area contributed by atoms with Gasteiger partial charge in [0.2, 0.25) is 0 Å². The Kier molecular flexibility index (Phi) is 12.8. The monoisotopic (exact) mass is 897 g/mol. The lowest BCUT2D eigenvalue weighted by Gasteiger charge is -2.71. The lowest BCUT2D eigenvalue weighted by Crippen LogP contribution is -2.66. The molecule has 22 atom stereocenters. The average molecular weight is 897 g/mol. The summed E-state index contributed by atoms with van der Waals surface area (Å²) in [5.41, 5.74) is 0.187. The van der Waals surface area contributed by atoms with Gasteiger partial charge in [-0.1, -0.05) is 60.1 Å². The Labute approximate surface area is 371 Å². The first kappa shape index (κ1) is 48.1. The Balaban J connectivity index is 0.987. The molecular formula is C47H76O16. The van der Waals surface area contributed by atoms with Crippen molar-refractivity contribution >= 4 is 5.97 Å². The molecule has 16 nitrogen and oxygen atoms in total. The lowest BCUT2D eigenvalue weighted by molar-refractivity contribution is -0.383. The topological polar surface area (TPSA) is 255 Å². The van der Waals surface area contributed by atoms with Gasteiger partial charge in [0, 0.05) is 0 Å². The fourth-order valence-corrected chi connectivity index (χ4v) is 14.8. The molecule has 3 saturated heterocycles. The number of carboxylic acids is 1. The number of hydrogen-bond acceptors (Lipinski definition) is 15. The second kappa shape index (κ2) is 16.7. The number of allylic oxidation sites excluding steroid dienone is 2. The molecule has 8 rings (SSSR count). The highest BCUT2D eigenvalue weighted by Gasteiger charge is 2.70. The number of hydrogen-bond donors (Lipinski definition) is 9. The third-order valence-electron chi connectivity index (χ3n) is 18.9. The molecule has 8 aliphatic rings. The van der Waals surface area contributed by atoms with Crippen molar-refractivity contribution in [1.29, 1.82) is 0 Å². The summed E-state index contributed by atoms with van der Waals surface area (Å²) in [5.74, 6) is 0.00904. The number of rotatable bonds is 8. The van der Waals surface area contributed by atoms with Crippen LogP contribution in [0.15, 0.2) is 11.6 Å². The molecule has 22 unspecified atom stereocenters. The van der Waals surface area contributed by atoms with Gasteiger partial charge in [0.25, 0.3) is 0 Å². The quantitative estimate of drug-likeness (QED) is 0.125. The fourth-order valence-electron chi connectivity index (χ4n) is 14.8. The van der Waals surface area contributed by atoms with E-state index in [2.05, 4.69) is 54.5 Å². The minimum atomic E-state index is -1.83. The fraction of sp³-hybridized carbons (Fsp3) is 0.936. The van der Waals surface area contributed by atoms with Gasteiger partial charge in [-0.25, -0.2) is 0 Å². The van der Waals surface area contributed by atoms with Gasteiger partial charge >= 0.3 is 5.97 Å². The molecule has 4 saturated carbocycles. The molecule has 0 radical (unpaired) electrons. The van der Waals surface area contributed by atoms with Crippen LogP contribution in [0.3, 0.4) is 0 Å². The van der Waals surface area contributed by atoms with E-state index < -0.39 is 104 Å². The zero-order chi connectivity index (χ0) is 46.0. The molecule has 63 heavy (non-hydrogen) atoms. The largest absolute Gasteiger partial charge is 0.481 e. The summed E-state index contributed by atoms with van der Waals surface area (Å²) in [6, 6.07) is 0. The number of aliphatic carboxylic acids is 1. The Morgan fingerprint density at radius 2 is 1.37 bits per heavy atom. The summed E-state index contributed by atoms with van der Waals surface area (Å²) < 4.78 is 36.2. The Hall–Kier alpha value is -1.35. The first-order chi connectivity index (χ1) is 29.4. The van der Waals surface area contributed by atoms with Crippen LogP contribution in [0.25, 0.3) is 0 Å². The van der Waals surface area contributed by atoms with Crippen LogP contribution in [0.4, 0.5) is 0 Å². The molecule has 9 N–H and O–H groups in total. The lowest BCUT2D eigenvalue weighted by atomic mass is 9.33. The van der Waals surface area contributed by atoms with Gasteiger partial charge in [0.15, 0.2) is 18.9 Å². The summed E-state index contributed by atoms with van der Waals surface area (Å²) in [5, 5.41) is 96.7. The van der Waals surface area contributed by atoms with Crippen LogP contribution < -0.4 is 0 Å². The Bertz CT molecular complexity index is 1720. The van der Waals surface area contributed by atoms with Gasteiger partial charge in [0.05, 0.1) is 30.8 Å². The molecule has 5 aliphatic carbocycles. The zero-order valence-electron chi connectivity index (χ0n) is 38.3. The van der Waals surface area contributed by atoms with Crippen LogP contribution in [0, 0.1) is 50.2 Å². The molecule has 0 bridgehead atoms. The van der Waals surface area contributed by atoms with Gasteiger partial charge in [0.1, 0.15) is 61.0 Å². The van der Waals surface area contributed by atoms with Crippen molar-refractivity contribution < 1.29 is 79.2 Å². The van der Waals surface area contributed by atoms with E-state index in [-0.39, 0.29) is 51.6 Å². The summed E-state index contributed by atoms with van der Waals surface area (Å²) >= 11 is 0. The Morgan fingerprint density at radius 1 is 0.714 bits per heavy atom. The van der Waals surface area contributed by atoms with Crippen molar-refractivity contribution in [3.05, 3.63) is 11.6 Å². The molecule has 0 amide bonds. The zero-order valence-corrected chi connectivity index (χ0v) is 38.3. The van der Waals surface area contributed by atoms with E-state index in [4.69, 9.17) is 28.4 Å². The van der Waals surface area contributed by atoms with Crippen LogP contribution in [-0.2, 0) is 33.2 Å². The maximum atomic E-state index is 13.1. The number of fused-ring (bicyclic) bond motifs is 7. The van der Waals surface area contributed by atoms with Crippen molar-refractivity contribution in [3.8, 4) is 0 Å². The van der Waals surface area contributed by atoms with Gasteiger partial charge in [-0.05, 0) is 116 Å². The average Bonchev–Trinajstić information content (AvgIpc) is 3.22. The van der Waals surface area contributed by atoms with Crippen molar-refractivity contribution in [2.75, 3.05) is 13.2 Å². The van der Waals surface area contributed by atoms with E-state index in [0.717, 1.165) is 51.4 Å². The van der Waals surface area contributed by atoms with Gasteiger partial charge < -0.3 is 74.4 Å². The van der Waals surface area contributed by atoms with E-state index in [1.807, 2.05) is 0 Å². The first-order valence-electron chi connectivity index (χ1n) is 23.6. The van der Waals surface area contributed by atoms with Gasteiger partial charge in [-0.3, -0.25) is 4.79 Å². The third kappa shape index (κ3) is 7.51. The molecule has 0 aromatic heterocycles. The highest BCUT2D eigenvalue weighted by Crippen LogP contribution is 2.76. The maximum absolute atomic E-state index is 13.1. The van der Waals surface area contributed by atoms with Crippen LogP contribution in [-0.4, -0.2) is 157 Å². The number of carbonyl (C=O) groups is 1. The van der Waals surface area contributed by atoms with Crippen molar-refractivity contribution in [2.24, 2.45) is 50.2 Å². The van der Waals surface area contributed by atoms with Crippen LogP contribution in [0.1, 0.15) is 120 Å². The van der Waals surface area contributed by atoms with Crippen molar-refractivity contribution in [2.45, 2.75) is 212 Å². The van der Waals surface area contributed by atoms with E-state index in [0.29, 0.717) is 18.8 Å². The summed E-state index contributed by atoms with van der Waals surface area (Å²) in [4.78, 5) is 13.1. The van der Waals surface area contributed by atoms with Gasteiger partial charge in [-0.2, -0.15) is 0 Å². The van der Waals surface area contributed by atoms with Crippen molar-refractivity contribution in [1.82, 2.24) is 0 Å². The molecule has 7 fully saturated rings. The molecule has 3 heterocycles. The van der Waals surface area contributed by atoms with E-state index in [1.165, 1.54) is 12.5 Å². The molecule has 0 spiro atoms. The molecular weight excluding hydrogens is 821 g/mol. The van der Waals surface area contributed by atoms with Crippen LogP contribution in [0.5, 0.6) is 0 Å². The SMILES string of the molecule is CC1OC(OC2C(CO)OC(OC3C(OC4CCC5(C)C(CCC6(C)C5CC=C5C7CC(C)(C)CCC7(C(=O)O)CCC56C)C4(C)C)OCC(O)C3O)C(O)C2O)C(O)C(O)C1O. The van der Waals surface area contributed by atoms with Gasteiger partial charge in [-0.15, -0.1) is 0 Å². The van der Waals surface area contributed by atoms with Crippen LogP contribution in [0.2, 0.25) is 0 Å². The predicted molar refractivity (Wildman–Crippen MR) is 223 cm³/mol. The molecule has 360 valence electrons. The number of aliphatic hydroxyl groups excluding tert-OH is 8. The molecule has 0 aromatic rings. The minimum Gasteiger partial charge on any atom is -0.481 e. The van der Waals surface area contributed by atoms with E-state index >= 15 is 0 Å². The second-order valence-electron chi connectivity index (χ2n) is 23.0. The highest BCUT2D eigenvalue weighted by atomic mass is 16.8. The third-order valence-corrected chi connectivity index (χ3v) is 18.9. The summed E-state index contributed by atoms with van der Waals surface area (Å²) in [6.07, 6.45) is -10.2. The normalized spacial score (nSPS) is 54.1.